The smallest absolute Gasteiger partial charge is 0.354 e. The van der Waals surface area contributed by atoms with Crippen LogP contribution in [0.2, 0.25) is 0 Å². The monoisotopic (exact) mass is 344 g/mol. The van der Waals surface area contributed by atoms with Gasteiger partial charge in [-0.3, -0.25) is 9.69 Å². The Morgan fingerprint density at radius 1 is 1.29 bits per heavy atom. The minimum Gasteiger partial charge on any atom is -0.354 e. The first-order valence-corrected chi connectivity index (χ1v) is 8.09. The number of halogens is 3. The third kappa shape index (κ3) is 5.09. The second-order valence-electron chi connectivity index (χ2n) is 6.04. The summed E-state index contributed by atoms with van der Waals surface area (Å²) in [5, 5.41) is 2.93. The zero-order chi connectivity index (χ0) is 17.7. The maximum atomic E-state index is 12.6. The van der Waals surface area contributed by atoms with E-state index in [1.54, 1.807) is 0 Å². The molecule has 1 aliphatic rings. The highest BCUT2D eigenvalue weighted by molar-refractivity contribution is 5.78. The molecule has 0 bridgehead atoms. The third-order valence-corrected chi connectivity index (χ3v) is 4.16. The van der Waals surface area contributed by atoms with Crippen LogP contribution in [0.3, 0.4) is 0 Å². The molecule has 1 N–H and O–H groups in total. The quantitative estimate of drug-likeness (QED) is 0.889. The van der Waals surface area contributed by atoms with Gasteiger partial charge in [-0.15, -0.1) is 0 Å². The summed E-state index contributed by atoms with van der Waals surface area (Å²) >= 11 is 0. The molecule has 0 spiro atoms. The molecule has 0 aromatic carbocycles. The number of nitrogens with one attached hydrogen (secondary N) is 1. The minimum atomic E-state index is -4.37. The Labute approximate surface area is 139 Å². The average molecular weight is 344 g/mol. The van der Waals surface area contributed by atoms with Gasteiger partial charge in [-0.2, -0.15) is 13.2 Å². The summed E-state index contributed by atoms with van der Waals surface area (Å²) in [5.41, 5.74) is -0.744. The van der Waals surface area contributed by atoms with Crippen LogP contribution in [0.25, 0.3) is 0 Å². The maximum absolute atomic E-state index is 12.6. The molecule has 1 fully saturated rings. The van der Waals surface area contributed by atoms with Crippen molar-refractivity contribution in [1.29, 1.82) is 0 Å². The van der Waals surface area contributed by atoms with E-state index in [1.807, 2.05) is 23.6 Å². The Morgan fingerprint density at radius 3 is 2.46 bits per heavy atom. The van der Waals surface area contributed by atoms with Crippen LogP contribution in [0.5, 0.6) is 0 Å². The minimum absolute atomic E-state index is 0.00505. The lowest BCUT2D eigenvalue weighted by Gasteiger charge is -2.35. The van der Waals surface area contributed by atoms with Crippen molar-refractivity contribution in [3.63, 3.8) is 0 Å². The standard InChI is InChI=1S/C16H23F3N4O/c1-3-12(2)21-15(24)11-22-6-8-23(9-7-22)14-5-4-13(10-20-14)16(17,18)19/h4-5,10,12H,3,6-9,11H2,1-2H3,(H,21,24)/t12-/m0/s1. The van der Waals surface area contributed by atoms with Gasteiger partial charge in [0, 0.05) is 38.4 Å². The molecular formula is C16H23F3N4O. The van der Waals surface area contributed by atoms with Crippen LogP contribution >= 0.6 is 0 Å². The van der Waals surface area contributed by atoms with Crippen molar-refractivity contribution in [3.05, 3.63) is 23.9 Å². The number of hydrogen-bond acceptors (Lipinski definition) is 4. The summed E-state index contributed by atoms with van der Waals surface area (Å²) in [5.74, 6) is 0.539. The molecule has 8 heteroatoms. The molecule has 1 amide bonds. The predicted octanol–water partition coefficient (Wildman–Crippen LogP) is 2.14. The first-order valence-electron chi connectivity index (χ1n) is 8.09. The highest BCUT2D eigenvalue weighted by Crippen LogP contribution is 2.29. The number of aromatic nitrogens is 1. The van der Waals surface area contributed by atoms with Gasteiger partial charge in [0.25, 0.3) is 0 Å². The van der Waals surface area contributed by atoms with Crippen LogP contribution in [0, 0.1) is 0 Å². The molecule has 0 saturated carbocycles. The molecule has 5 nitrogen and oxygen atoms in total. The van der Waals surface area contributed by atoms with Crippen molar-refractivity contribution in [1.82, 2.24) is 15.2 Å². The average Bonchev–Trinajstić information content (AvgIpc) is 2.54. The Morgan fingerprint density at radius 2 is 1.96 bits per heavy atom. The molecule has 1 atom stereocenters. The van der Waals surface area contributed by atoms with E-state index in [-0.39, 0.29) is 11.9 Å². The van der Waals surface area contributed by atoms with Crippen molar-refractivity contribution >= 4 is 11.7 Å². The van der Waals surface area contributed by atoms with Gasteiger partial charge in [0.1, 0.15) is 5.82 Å². The molecule has 0 aliphatic carbocycles. The van der Waals surface area contributed by atoms with Gasteiger partial charge in [0.05, 0.1) is 12.1 Å². The second kappa shape index (κ2) is 7.83. The number of amides is 1. The van der Waals surface area contributed by atoms with E-state index in [1.165, 1.54) is 6.07 Å². The van der Waals surface area contributed by atoms with Crippen molar-refractivity contribution in [2.45, 2.75) is 32.5 Å². The first-order chi connectivity index (χ1) is 11.3. The lowest BCUT2D eigenvalue weighted by atomic mass is 10.2. The van der Waals surface area contributed by atoms with Crippen LogP contribution in [0.1, 0.15) is 25.8 Å². The number of hydrogen-bond donors (Lipinski definition) is 1. The van der Waals surface area contributed by atoms with Gasteiger partial charge in [-0.1, -0.05) is 6.92 Å². The molecule has 2 heterocycles. The van der Waals surface area contributed by atoms with Crippen molar-refractivity contribution in [2.75, 3.05) is 37.6 Å². The Bertz CT molecular complexity index is 539. The lowest BCUT2D eigenvalue weighted by Crippen LogP contribution is -2.50. The molecular weight excluding hydrogens is 321 g/mol. The number of piperazine rings is 1. The SMILES string of the molecule is CC[C@H](C)NC(=O)CN1CCN(c2ccc(C(F)(F)F)cn2)CC1. The second-order valence-corrected chi connectivity index (χ2v) is 6.04. The number of carbonyl (C=O) groups is 1. The van der Waals surface area contributed by atoms with Crippen LogP contribution in [0.15, 0.2) is 18.3 Å². The fraction of sp³-hybridized carbons (Fsp3) is 0.625. The molecule has 1 aromatic heterocycles. The number of pyridine rings is 1. The van der Waals surface area contributed by atoms with Crippen LogP contribution in [0.4, 0.5) is 19.0 Å². The van der Waals surface area contributed by atoms with Gasteiger partial charge in [-0.25, -0.2) is 4.98 Å². The number of nitrogens with zero attached hydrogens (tertiary/aromatic N) is 3. The summed E-state index contributed by atoms with van der Waals surface area (Å²) in [7, 11) is 0. The Hall–Kier alpha value is -1.83. The molecule has 1 saturated heterocycles. The van der Waals surface area contributed by atoms with Gasteiger partial charge in [0.15, 0.2) is 0 Å². The van der Waals surface area contributed by atoms with E-state index in [9.17, 15) is 18.0 Å². The van der Waals surface area contributed by atoms with Gasteiger partial charge in [0.2, 0.25) is 5.91 Å². The van der Waals surface area contributed by atoms with Gasteiger partial charge in [-0.05, 0) is 25.5 Å². The molecule has 24 heavy (non-hydrogen) atoms. The van der Waals surface area contributed by atoms with E-state index in [0.717, 1.165) is 18.7 Å². The highest BCUT2D eigenvalue weighted by Gasteiger charge is 2.31. The van der Waals surface area contributed by atoms with E-state index < -0.39 is 11.7 Å². The zero-order valence-electron chi connectivity index (χ0n) is 13.9. The fourth-order valence-electron chi connectivity index (χ4n) is 2.50. The topological polar surface area (TPSA) is 48.5 Å². The zero-order valence-corrected chi connectivity index (χ0v) is 13.9. The molecule has 0 unspecified atom stereocenters. The largest absolute Gasteiger partial charge is 0.417 e. The van der Waals surface area contributed by atoms with Crippen LogP contribution in [-0.2, 0) is 11.0 Å². The summed E-state index contributed by atoms with van der Waals surface area (Å²) in [6.45, 7) is 6.95. The molecule has 2 rings (SSSR count). The Kier molecular flexibility index (Phi) is 6.04. The van der Waals surface area contributed by atoms with Crippen molar-refractivity contribution < 1.29 is 18.0 Å². The highest BCUT2D eigenvalue weighted by atomic mass is 19.4. The molecule has 1 aromatic rings. The summed E-state index contributed by atoms with van der Waals surface area (Å²) in [4.78, 5) is 19.8. The number of carbonyl (C=O) groups excluding carboxylic acids is 1. The first kappa shape index (κ1) is 18.5. The number of rotatable bonds is 5. The van der Waals surface area contributed by atoms with Gasteiger partial charge < -0.3 is 10.2 Å². The van der Waals surface area contributed by atoms with E-state index in [4.69, 9.17) is 0 Å². The van der Waals surface area contributed by atoms with E-state index >= 15 is 0 Å². The van der Waals surface area contributed by atoms with E-state index in [2.05, 4.69) is 10.3 Å². The lowest BCUT2D eigenvalue weighted by molar-refractivity contribution is -0.137. The molecule has 1 aliphatic heterocycles. The molecule has 134 valence electrons. The fourth-order valence-corrected chi connectivity index (χ4v) is 2.50. The summed E-state index contributed by atoms with van der Waals surface area (Å²) in [6, 6.07) is 2.61. The Balaban J connectivity index is 1.83. The van der Waals surface area contributed by atoms with Crippen molar-refractivity contribution in [2.24, 2.45) is 0 Å². The summed E-state index contributed by atoms with van der Waals surface area (Å²) in [6.07, 6.45) is -2.62. The normalized spacial score (nSPS) is 17.6. The van der Waals surface area contributed by atoms with Gasteiger partial charge >= 0.3 is 6.18 Å². The third-order valence-electron chi connectivity index (χ3n) is 4.16. The van der Waals surface area contributed by atoms with E-state index in [0.29, 0.717) is 38.5 Å². The summed E-state index contributed by atoms with van der Waals surface area (Å²) < 4.78 is 37.7. The van der Waals surface area contributed by atoms with Crippen LogP contribution < -0.4 is 10.2 Å². The predicted molar refractivity (Wildman–Crippen MR) is 85.8 cm³/mol. The van der Waals surface area contributed by atoms with Crippen molar-refractivity contribution in [3.8, 4) is 0 Å². The molecule has 0 radical (unpaired) electrons. The van der Waals surface area contributed by atoms with Crippen LogP contribution in [-0.4, -0.2) is 54.6 Å². The number of alkyl halides is 3. The maximum Gasteiger partial charge on any atom is 0.417 e. The number of anilines is 1.